The molecule has 0 unspecified atom stereocenters. The molecule has 1 aliphatic rings. The van der Waals surface area contributed by atoms with Gasteiger partial charge in [0.25, 0.3) is 0 Å². The molecule has 0 fully saturated rings. The van der Waals surface area contributed by atoms with Gasteiger partial charge in [-0.15, -0.1) is 0 Å². The van der Waals surface area contributed by atoms with Crippen molar-refractivity contribution in [2.24, 2.45) is 0 Å². The minimum absolute atomic E-state index is 0.245. The van der Waals surface area contributed by atoms with Crippen molar-refractivity contribution in [1.82, 2.24) is 0 Å². The molecule has 2 heterocycles. The van der Waals surface area contributed by atoms with Gasteiger partial charge in [0.2, 0.25) is 0 Å². The van der Waals surface area contributed by atoms with Gasteiger partial charge in [-0.1, -0.05) is 109 Å². The number of hydrogen-bond acceptors (Lipinski definition) is 3. The summed E-state index contributed by atoms with van der Waals surface area (Å²) < 4.78 is 26.5. The van der Waals surface area contributed by atoms with Crippen molar-refractivity contribution >= 4 is 49.8 Å². The second-order valence-electron chi connectivity index (χ2n) is 12.6. The monoisotopic (exact) mass is 645 g/mol. The highest BCUT2D eigenvalue weighted by molar-refractivity contribution is 6.11. The van der Waals surface area contributed by atoms with E-state index in [0.29, 0.717) is 0 Å². The lowest BCUT2D eigenvalue weighted by molar-refractivity contribution is 0.487. The van der Waals surface area contributed by atoms with Crippen LogP contribution in [-0.4, -0.2) is 0 Å². The molecule has 0 N–H and O–H groups in total. The first-order valence-corrected chi connectivity index (χ1v) is 16.7. The van der Waals surface area contributed by atoms with Gasteiger partial charge in [-0.3, -0.25) is 0 Å². The van der Waals surface area contributed by atoms with Crippen LogP contribution in [0.1, 0.15) is 0 Å². The zero-order valence-electron chi connectivity index (χ0n) is 26.8. The summed E-state index contributed by atoms with van der Waals surface area (Å²) in [6.45, 7) is 0. The quantitative estimate of drug-likeness (QED) is 0.186. The lowest BCUT2D eigenvalue weighted by Crippen LogP contribution is -2.10. The van der Waals surface area contributed by atoms with Gasteiger partial charge in [0.05, 0.1) is 5.69 Å². The van der Waals surface area contributed by atoms with Crippen molar-refractivity contribution in [2.45, 2.75) is 0 Å². The normalized spacial score (nSPS) is 11.9. The van der Waals surface area contributed by atoms with Crippen LogP contribution in [0.15, 0.2) is 174 Å². The summed E-state index contributed by atoms with van der Waals surface area (Å²) in [5, 5.41) is 4.44. The van der Waals surface area contributed by atoms with Crippen LogP contribution >= 0.6 is 0 Å². The van der Waals surface area contributed by atoms with E-state index in [1.807, 2.05) is 48.5 Å². The van der Waals surface area contributed by atoms with E-state index in [-0.39, 0.29) is 5.82 Å². The zero-order valence-corrected chi connectivity index (χ0v) is 26.8. The zero-order chi connectivity index (χ0) is 33.2. The summed E-state index contributed by atoms with van der Waals surface area (Å²) in [4.78, 5) is 2.24. The van der Waals surface area contributed by atoms with Gasteiger partial charge >= 0.3 is 0 Å². The standard InChI is InChI=1S/C46H28FNO2/c47-32-21-15-29(16-22-32)30-17-23-33(24-18-30)48(41-11-5-10-40-37-8-2-4-13-43(37)50-46(40)41)34-25-19-31(20-26-34)35-27-28-39-36-7-1-3-12-42(36)49-44-14-6-9-38(35)45(39)44/h1-28H. The number of rotatable bonds is 5. The van der Waals surface area contributed by atoms with Gasteiger partial charge in [-0.2, -0.15) is 0 Å². The first kappa shape index (κ1) is 28.4. The van der Waals surface area contributed by atoms with E-state index in [2.05, 4.69) is 114 Å². The van der Waals surface area contributed by atoms with Gasteiger partial charge < -0.3 is 14.1 Å². The summed E-state index contributed by atoms with van der Waals surface area (Å²) in [6.07, 6.45) is 0. The number of nitrogens with zero attached hydrogens (tertiary/aromatic N) is 1. The largest absolute Gasteiger partial charge is 0.456 e. The fourth-order valence-corrected chi connectivity index (χ4v) is 7.40. The van der Waals surface area contributed by atoms with Crippen LogP contribution in [0.2, 0.25) is 0 Å². The number of para-hydroxylation sites is 3. The smallest absolute Gasteiger partial charge is 0.159 e. The summed E-state index contributed by atoms with van der Waals surface area (Å²) in [7, 11) is 0. The number of benzene rings is 8. The maximum absolute atomic E-state index is 13.7. The number of hydrogen-bond donors (Lipinski definition) is 0. The van der Waals surface area contributed by atoms with Gasteiger partial charge in [0.15, 0.2) is 5.58 Å². The Hall–Kier alpha value is -6.65. The third-order valence-electron chi connectivity index (χ3n) is 9.76. The number of furan rings is 1. The van der Waals surface area contributed by atoms with Gasteiger partial charge in [-0.05, 0) is 93.9 Å². The lowest BCUT2D eigenvalue weighted by atomic mass is 9.90. The fraction of sp³-hybridized carbons (Fsp3) is 0. The van der Waals surface area contributed by atoms with E-state index in [0.717, 1.165) is 89.1 Å². The number of ether oxygens (including phenoxy) is 1. The molecule has 0 atom stereocenters. The molecule has 0 aliphatic carbocycles. The van der Waals surface area contributed by atoms with E-state index in [4.69, 9.17) is 9.15 Å². The average molecular weight is 646 g/mol. The molecule has 0 saturated heterocycles. The second-order valence-corrected chi connectivity index (χ2v) is 12.6. The maximum Gasteiger partial charge on any atom is 0.159 e. The molecular weight excluding hydrogens is 618 g/mol. The topological polar surface area (TPSA) is 25.6 Å². The molecule has 50 heavy (non-hydrogen) atoms. The summed E-state index contributed by atoms with van der Waals surface area (Å²) in [5.74, 6) is 1.52. The van der Waals surface area contributed by atoms with Crippen LogP contribution < -0.4 is 9.64 Å². The molecule has 0 spiro atoms. The summed E-state index contributed by atoms with van der Waals surface area (Å²) in [6, 6.07) is 57.1. The number of anilines is 3. The third kappa shape index (κ3) is 4.50. The molecule has 1 aliphatic heterocycles. The molecule has 0 bridgehead atoms. The molecule has 4 heteroatoms. The Labute approximate surface area is 288 Å². The molecule has 3 nitrogen and oxygen atoms in total. The molecule has 9 aromatic rings. The van der Waals surface area contributed by atoms with Crippen LogP contribution in [0, 0.1) is 5.82 Å². The summed E-state index contributed by atoms with van der Waals surface area (Å²) >= 11 is 0. The Morgan fingerprint density at radius 1 is 0.420 bits per heavy atom. The van der Waals surface area contributed by atoms with Crippen molar-refractivity contribution in [1.29, 1.82) is 0 Å². The van der Waals surface area contributed by atoms with Crippen molar-refractivity contribution in [2.75, 3.05) is 4.90 Å². The van der Waals surface area contributed by atoms with E-state index in [9.17, 15) is 4.39 Å². The second kappa shape index (κ2) is 11.2. The Balaban J connectivity index is 1.11. The average Bonchev–Trinajstić information content (AvgIpc) is 3.56. The fourth-order valence-electron chi connectivity index (χ4n) is 7.40. The first-order valence-electron chi connectivity index (χ1n) is 16.7. The van der Waals surface area contributed by atoms with Gasteiger partial charge in [0, 0.05) is 33.1 Å². The molecule has 0 amide bonds. The van der Waals surface area contributed by atoms with Gasteiger partial charge in [0.1, 0.15) is 22.9 Å². The van der Waals surface area contributed by atoms with Crippen LogP contribution in [0.4, 0.5) is 21.5 Å². The number of halogens is 1. The van der Waals surface area contributed by atoms with E-state index in [1.54, 1.807) is 0 Å². The Morgan fingerprint density at radius 2 is 1.02 bits per heavy atom. The van der Waals surface area contributed by atoms with Crippen molar-refractivity contribution in [3.63, 3.8) is 0 Å². The predicted molar refractivity (Wildman–Crippen MR) is 202 cm³/mol. The highest BCUT2D eigenvalue weighted by atomic mass is 19.1. The SMILES string of the molecule is Fc1ccc(-c2ccc(N(c3ccc(-c4ccc5c6c(cccc46)Oc4ccccc4-5)cc3)c3cccc4c3oc3ccccc34)cc2)cc1. The minimum Gasteiger partial charge on any atom is -0.456 e. The molecule has 0 saturated carbocycles. The Kier molecular flexibility index (Phi) is 6.36. The molecule has 8 aromatic carbocycles. The van der Waals surface area contributed by atoms with Crippen molar-refractivity contribution in [3.8, 4) is 44.9 Å². The predicted octanol–water partition coefficient (Wildman–Crippen LogP) is 13.5. The summed E-state index contributed by atoms with van der Waals surface area (Å²) in [5.41, 5.74) is 11.1. The first-order chi connectivity index (χ1) is 24.7. The Bertz CT molecular complexity index is 2730. The maximum atomic E-state index is 13.7. The number of fused-ring (bicyclic) bond motifs is 5. The van der Waals surface area contributed by atoms with Crippen molar-refractivity contribution < 1.29 is 13.5 Å². The molecule has 0 radical (unpaired) electrons. The molecule has 10 rings (SSSR count). The van der Waals surface area contributed by atoms with Crippen LogP contribution in [0.5, 0.6) is 11.5 Å². The highest BCUT2D eigenvalue weighted by Gasteiger charge is 2.22. The van der Waals surface area contributed by atoms with E-state index in [1.165, 1.54) is 17.7 Å². The van der Waals surface area contributed by atoms with Gasteiger partial charge in [-0.25, -0.2) is 4.39 Å². The minimum atomic E-state index is -0.245. The van der Waals surface area contributed by atoms with Crippen LogP contribution in [0.3, 0.4) is 0 Å². The lowest BCUT2D eigenvalue weighted by Gasteiger charge is -2.26. The van der Waals surface area contributed by atoms with E-state index >= 15 is 0 Å². The van der Waals surface area contributed by atoms with E-state index < -0.39 is 0 Å². The molecular formula is C46H28FNO2. The van der Waals surface area contributed by atoms with Crippen molar-refractivity contribution in [3.05, 3.63) is 176 Å². The highest BCUT2D eigenvalue weighted by Crippen LogP contribution is 2.49. The van der Waals surface area contributed by atoms with Crippen LogP contribution in [0.25, 0.3) is 66.1 Å². The Morgan fingerprint density at radius 3 is 1.82 bits per heavy atom. The van der Waals surface area contributed by atoms with Crippen LogP contribution in [-0.2, 0) is 0 Å². The third-order valence-corrected chi connectivity index (χ3v) is 9.76. The molecule has 1 aromatic heterocycles. The molecule has 236 valence electrons.